The molecule has 0 spiro atoms. The van der Waals surface area contributed by atoms with Gasteiger partial charge in [-0.05, 0) is 23.6 Å². The summed E-state index contributed by atoms with van der Waals surface area (Å²) >= 11 is 8.73. The summed E-state index contributed by atoms with van der Waals surface area (Å²) in [4.78, 5) is 40.2. The minimum atomic E-state index is -0.737. The summed E-state index contributed by atoms with van der Waals surface area (Å²) in [5.41, 5.74) is -0.798. The van der Waals surface area contributed by atoms with E-state index in [0.717, 1.165) is 10.9 Å². The number of anilines is 1. The van der Waals surface area contributed by atoms with Gasteiger partial charge in [0.05, 0.1) is 28.0 Å². The number of Topliss-reactive ketones (excluding diaryl/α,β-unsaturated/α-hetero) is 1. The number of aromatic hydroxyl groups is 1. The summed E-state index contributed by atoms with van der Waals surface area (Å²) in [6, 6.07) is 11.2. The number of nitrogens with one attached hydrogen (secondary N) is 1. The molecule has 0 saturated carbocycles. The minimum Gasteiger partial charge on any atom is -0.508 e. The zero-order valence-corrected chi connectivity index (χ0v) is 21.6. The van der Waals surface area contributed by atoms with Gasteiger partial charge in [-0.25, -0.2) is 0 Å². The Balaban J connectivity index is 1.77. The number of aromatic nitrogens is 3. The maximum Gasteiger partial charge on any atom is 0.255 e. The van der Waals surface area contributed by atoms with E-state index in [4.69, 9.17) is 11.6 Å². The number of halogens is 1. The monoisotopic (exact) mass is 530 g/mol. The lowest BCUT2D eigenvalue weighted by atomic mass is 9.96. The highest BCUT2D eigenvalue weighted by atomic mass is 35.5. The lowest BCUT2D eigenvalue weighted by molar-refractivity contribution is 0.0752. The topological polar surface area (TPSA) is 106 Å². The van der Waals surface area contributed by atoms with Crippen LogP contribution in [0.1, 0.15) is 40.1 Å². The highest BCUT2D eigenvalue weighted by molar-refractivity contribution is 7.16. The van der Waals surface area contributed by atoms with Crippen molar-refractivity contribution in [1.82, 2.24) is 14.3 Å². The molecule has 0 aliphatic heterocycles. The first-order valence-corrected chi connectivity index (χ1v) is 12.7. The Bertz CT molecular complexity index is 1440. The Hall–Kier alpha value is -3.21. The second-order valence-electron chi connectivity index (χ2n) is 8.86. The van der Waals surface area contributed by atoms with Gasteiger partial charge in [-0.1, -0.05) is 38.4 Å². The average Bonchev–Trinajstić information content (AvgIpc) is 3.53. The first-order chi connectivity index (χ1) is 16.5. The molecule has 2 N–H and O–H groups in total. The maximum absolute atomic E-state index is 13.2. The number of carbonyl (C=O) groups is 2. The van der Waals surface area contributed by atoms with Crippen LogP contribution < -0.4 is 10.9 Å². The number of hydrogen-bond acceptors (Lipinski definition) is 8. The molecule has 0 amide bonds. The highest BCUT2D eigenvalue weighted by Crippen LogP contribution is 2.28. The van der Waals surface area contributed by atoms with Crippen molar-refractivity contribution in [1.29, 1.82) is 0 Å². The molecule has 0 aliphatic rings. The first kappa shape index (κ1) is 24.9. The summed E-state index contributed by atoms with van der Waals surface area (Å²) in [5, 5.41) is 19.6. The van der Waals surface area contributed by atoms with E-state index in [-0.39, 0.29) is 35.4 Å². The van der Waals surface area contributed by atoms with E-state index in [0.29, 0.717) is 21.6 Å². The molecule has 0 atom stereocenters. The molecule has 0 aromatic carbocycles. The molecule has 4 heterocycles. The van der Waals surface area contributed by atoms with Crippen molar-refractivity contribution in [2.75, 3.05) is 5.32 Å². The van der Waals surface area contributed by atoms with Crippen molar-refractivity contribution in [3.63, 3.8) is 0 Å². The lowest BCUT2D eigenvalue weighted by Crippen LogP contribution is -2.29. The van der Waals surface area contributed by atoms with Crippen LogP contribution in [-0.2, 0) is 13.1 Å². The molecule has 0 radical (unpaired) electrons. The van der Waals surface area contributed by atoms with Crippen LogP contribution in [0.3, 0.4) is 0 Å². The second kappa shape index (κ2) is 9.80. The van der Waals surface area contributed by atoms with Gasteiger partial charge < -0.3 is 10.4 Å². The van der Waals surface area contributed by atoms with E-state index in [2.05, 4.69) is 10.4 Å². The fraction of sp³-hybridized carbons (Fsp3) is 0.250. The molecule has 182 valence electrons. The summed E-state index contributed by atoms with van der Waals surface area (Å²) in [7, 11) is 0. The molecular formula is C24H23ClN4O4S2. The van der Waals surface area contributed by atoms with Gasteiger partial charge in [0.2, 0.25) is 0 Å². The molecule has 11 heteroatoms. The van der Waals surface area contributed by atoms with E-state index < -0.39 is 11.0 Å². The Morgan fingerprint density at radius 3 is 2.57 bits per heavy atom. The van der Waals surface area contributed by atoms with Crippen molar-refractivity contribution in [2.24, 2.45) is 5.41 Å². The van der Waals surface area contributed by atoms with E-state index in [9.17, 15) is 19.5 Å². The number of pyridine rings is 1. The van der Waals surface area contributed by atoms with Crippen LogP contribution in [0.4, 0.5) is 5.82 Å². The standard InChI is InChI=1S/C24H23ClN4O4S2/c1-24(2,3)23(33)29-21(26-12-15-6-7-20(25)35-15)11-16(27-29)17-9-14(30)10-22(32)28(17)13-18(31)19-5-4-8-34-19/h4-11,26,30H,12-13H2,1-3H3. The summed E-state index contributed by atoms with van der Waals surface area (Å²) in [5.74, 6) is -0.355. The fourth-order valence-corrected chi connectivity index (χ4v) is 5.03. The Kier molecular flexibility index (Phi) is 6.98. The zero-order valence-electron chi connectivity index (χ0n) is 19.2. The number of thiophene rings is 2. The van der Waals surface area contributed by atoms with E-state index in [1.54, 1.807) is 50.4 Å². The van der Waals surface area contributed by atoms with Gasteiger partial charge in [-0.3, -0.25) is 19.0 Å². The van der Waals surface area contributed by atoms with Crippen molar-refractivity contribution < 1.29 is 14.7 Å². The normalized spacial score (nSPS) is 11.5. The SMILES string of the molecule is CC(C)(C)C(=O)n1nc(-c2cc(O)cc(=O)n2CC(=O)c2cccs2)cc1NCc1ccc(Cl)s1. The number of rotatable bonds is 7. The van der Waals surface area contributed by atoms with Crippen molar-refractivity contribution in [2.45, 2.75) is 33.9 Å². The van der Waals surface area contributed by atoms with Gasteiger partial charge in [0.1, 0.15) is 17.3 Å². The summed E-state index contributed by atoms with van der Waals surface area (Å²) in [6.45, 7) is 5.52. The van der Waals surface area contributed by atoms with Gasteiger partial charge in [-0.2, -0.15) is 9.78 Å². The van der Waals surface area contributed by atoms with Crippen molar-refractivity contribution >= 4 is 51.8 Å². The molecule has 4 aromatic rings. The smallest absolute Gasteiger partial charge is 0.255 e. The molecule has 8 nitrogen and oxygen atoms in total. The van der Waals surface area contributed by atoms with Crippen LogP contribution in [0.5, 0.6) is 5.75 Å². The van der Waals surface area contributed by atoms with Crippen LogP contribution in [0.2, 0.25) is 4.34 Å². The molecule has 35 heavy (non-hydrogen) atoms. The predicted molar refractivity (Wildman–Crippen MR) is 139 cm³/mol. The quantitative estimate of drug-likeness (QED) is 0.311. The summed E-state index contributed by atoms with van der Waals surface area (Å²) in [6.07, 6.45) is 0. The largest absolute Gasteiger partial charge is 0.508 e. The second-order valence-corrected chi connectivity index (χ2v) is 11.6. The molecule has 0 fully saturated rings. The molecule has 0 aliphatic carbocycles. The third-order valence-electron chi connectivity index (χ3n) is 5.09. The van der Waals surface area contributed by atoms with Crippen LogP contribution in [0.15, 0.2) is 52.6 Å². The van der Waals surface area contributed by atoms with Gasteiger partial charge in [0.15, 0.2) is 5.78 Å². The molecule has 4 aromatic heterocycles. The molecule has 0 saturated heterocycles. The number of nitrogens with zero attached hydrogens (tertiary/aromatic N) is 3. The molecule has 0 bridgehead atoms. The first-order valence-electron chi connectivity index (χ1n) is 10.7. The maximum atomic E-state index is 13.2. The predicted octanol–water partition coefficient (Wildman–Crippen LogP) is 5.38. The zero-order chi connectivity index (χ0) is 25.3. The van der Waals surface area contributed by atoms with Crippen LogP contribution >= 0.6 is 34.3 Å². The number of hydrogen-bond donors (Lipinski definition) is 2. The average molecular weight is 531 g/mol. The lowest BCUT2D eigenvalue weighted by Gasteiger charge is -2.18. The van der Waals surface area contributed by atoms with Crippen LogP contribution in [-0.4, -0.2) is 31.1 Å². The van der Waals surface area contributed by atoms with Gasteiger partial charge in [-0.15, -0.1) is 22.7 Å². The third-order valence-corrected chi connectivity index (χ3v) is 7.23. The van der Waals surface area contributed by atoms with Crippen molar-refractivity contribution in [3.05, 3.63) is 72.3 Å². The van der Waals surface area contributed by atoms with Gasteiger partial charge in [0.25, 0.3) is 11.5 Å². The van der Waals surface area contributed by atoms with E-state index in [1.807, 2.05) is 6.07 Å². The van der Waals surface area contributed by atoms with Gasteiger partial charge in [0, 0.05) is 28.5 Å². The minimum absolute atomic E-state index is 0.225. The molecule has 4 rings (SSSR count). The fourth-order valence-electron chi connectivity index (χ4n) is 3.35. The Labute approximate surface area is 214 Å². The molecular weight excluding hydrogens is 508 g/mol. The van der Waals surface area contributed by atoms with E-state index >= 15 is 0 Å². The van der Waals surface area contributed by atoms with Crippen molar-refractivity contribution in [3.8, 4) is 17.1 Å². The Morgan fingerprint density at radius 1 is 1.17 bits per heavy atom. The summed E-state index contributed by atoms with van der Waals surface area (Å²) < 4.78 is 3.16. The van der Waals surface area contributed by atoms with Gasteiger partial charge >= 0.3 is 0 Å². The number of carbonyl (C=O) groups excluding carboxylic acids is 2. The molecule has 0 unspecified atom stereocenters. The van der Waals surface area contributed by atoms with E-state index in [1.165, 1.54) is 38.0 Å². The van der Waals surface area contributed by atoms with Crippen LogP contribution in [0, 0.1) is 5.41 Å². The van der Waals surface area contributed by atoms with Crippen LogP contribution in [0.25, 0.3) is 11.4 Å². The number of ketones is 1. The third kappa shape index (κ3) is 5.55. The Morgan fingerprint density at radius 2 is 1.94 bits per heavy atom. The highest BCUT2D eigenvalue weighted by Gasteiger charge is 2.28.